The van der Waals surface area contributed by atoms with Crippen LogP contribution in [0.3, 0.4) is 0 Å². The van der Waals surface area contributed by atoms with Crippen molar-refractivity contribution in [2.24, 2.45) is 0 Å². The van der Waals surface area contributed by atoms with Gasteiger partial charge in [-0.3, -0.25) is 0 Å². The first kappa shape index (κ1) is 16.6. The molecule has 1 fully saturated rings. The number of para-hydroxylation sites is 1. The number of hydrogen-bond donors (Lipinski definition) is 0. The Hall–Kier alpha value is -2.84. The summed E-state index contributed by atoms with van der Waals surface area (Å²) in [5.41, 5.74) is 2.36. The molecular weight excluding hydrogens is 334 g/mol. The highest BCUT2D eigenvalue weighted by molar-refractivity contribution is 5.65. The van der Waals surface area contributed by atoms with E-state index in [1.807, 2.05) is 30.5 Å². The zero-order valence-electron chi connectivity index (χ0n) is 14.4. The van der Waals surface area contributed by atoms with E-state index in [1.165, 1.54) is 0 Å². The highest BCUT2D eigenvalue weighted by Gasteiger charge is 2.16. The quantitative estimate of drug-likeness (QED) is 0.692. The topological polar surface area (TPSA) is 84.2 Å². The van der Waals surface area contributed by atoms with Crippen LogP contribution >= 0.6 is 0 Å². The van der Waals surface area contributed by atoms with Crippen LogP contribution in [-0.2, 0) is 16.0 Å². The Bertz CT molecular complexity index is 859. The molecule has 0 bridgehead atoms. The summed E-state index contributed by atoms with van der Waals surface area (Å²) in [7, 11) is 1.63. The van der Waals surface area contributed by atoms with Crippen molar-refractivity contribution in [1.82, 2.24) is 25.0 Å². The molecule has 0 radical (unpaired) electrons. The standard InChI is InChI=1S/C18H19N5O3/c1-24-17-5-3-2-4-15(17)18-19-8-13(9-20-18)16-11-23(22-21-16)10-14-12-25-6-7-26-14/h2-5,8-9,11,14H,6-7,10,12H2,1H3/t14-/m0/s1. The van der Waals surface area contributed by atoms with Gasteiger partial charge in [0.1, 0.15) is 17.5 Å². The first-order valence-corrected chi connectivity index (χ1v) is 8.39. The van der Waals surface area contributed by atoms with Crippen LogP contribution in [0, 0.1) is 0 Å². The molecule has 8 nitrogen and oxygen atoms in total. The van der Waals surface area contributed by atoms with Crippen molar-refractivity contribution in [3.8, 4) is 28.4 Å². The summed E-state index contributed by atoms with van der Waals surface area (Å²) in [4.78, 5) is 8.89. The third-order valence-electron chi connectivity index (χ3n) is 4.11. The second-order valence-corrected chi connectivity index (χ2v) is 5.89. The molecule has 1 saturated heterocycles. The Balaban J connectivity index is 1.50. The van der Waals surface area contributed by atoms with Gasteiger partial charge in [-0.2, -0.15) is 0 Å². The van der Waals surface area contributed by atoms with Crippen LogP contribution in [0.5, 0.6) is 5.75 Å². The molecule has 3 aromatic rings. The Morgan fingerprint density at radius 3 is 2.81 bits per heavy atom. The molecule has 8 heteroatoms. The van der Waals surface area contributed by atoms with Crippen molar-refractivity contribution < 1.29 is 14.2 Å². The number of hydrogen-bond acceptors (Lipinski definition) is 7. The lowest BCUT2D eigenvalue weighted by molar-refractivity contribution is -0.0947. The minimum absolute atomic E-state index is 0.00229. The van der Waals surface area contributed by atoms with E-state index >= 15 is 0 Å². The normalized spacial score (nSPS) is 17.2. The maximum absolute atomic E-state index is 5.63. The maximum Gasteiger partial charge on any atom is 0.162 e. The lowest BCUT2D eigenvalue weighted by Crippen LogP contribution is -2.32. The van der Waals surface area contributed by atoms with Crippen molar-refractivity contribution >= 4 is 0 Å². The van der Waals surface area contributed by atoms with Gasteiger partial charge in [-0.25, -0.2) is 14.6 Å². The molecular formula is C18H19N5O3. The molecule has 0 amide bonds. The van der Waals surface area contributed by atoms with E-state index in [1.54, 1.807) is 24.2 Å². The number of methoxy groups -OCH3 is 1. The minimum atomic E-state index is 0.00229. The monoisotopic (exact) mass is 353 g/mol. The van der Waals surface area contributed by atoms with Gasteiger partial charge < -0.3 is 14.2 Å². The summed E-state index contributed by atoms with van der Waals surface area (Å²) in [6.07, 6.45) is 5.34. The van der Waals surface area contributed by atoms with E-state index < -0.39 is 0 Å². The number of benzene rings is 1. The number of ether oxygens (including phenoxy) is 3. The molecule has 0 unspecified atom stereocenters. The van der Waals surface area contributed by atoms with E-state index in [4.69, 9.17) is 14.2 Å². The van der Waals surface area contributed by atoms with Gasteiger partial charge in [-0.1, -0.05) is 17.3 Å². The Labute approximate surface area is 150 Å². The molecule has 1 aromatic carbocycles. The fraction of sp³-hybridized carbons (Fsp3) is 0.333. The number of nitrogens with zero attached hydrogens (tertiary/aromatic N) is 5. The van der Waals surface area contributed by atoms with Gasteiger partial charge in [-0.05, 0) is 12.1 Å². The molecule has 4 rings (SSSR count). The van der Waals surface area contributed by atoms with E-state index in [-0.39, 0.29) is 6.10 Å². The zero-order chi connectivity index (χ0) is 17.8. The third-order valence-corrected chi connectivity index (χ3v) is 4.11. The van der Waals surface area contributed by atoms with Crippen LogP contribution < -0.4 is 4.74 Å². The van der Waals surface area contributed by atoms with E-state index in [2.05, 4.69) is 20.3 Å². The van der Waals surface area contributed by atoms with Crippen LogP contribution in [0.4, 0.5) is 0 Å². The van der Waals surface area contributed by atoms with Gasteiger partial charge in [0, 0.05) is 18.0 Å². The van der Waals surface area contributed by atoms with Gasteiger partial charge in [-0.15, -0.1) is 5.10 Å². The molecule has 2 aromatic heterocycles. The Morgan fingerprint density at radius 1 is 1.19 bits per heavy atom. The van der Waals surface area contributed by atoms with Crippen LogP contribution in [0.25, 0.3) is 22.6 Å². The van der Waals surface area contributed by atoms with Gasteiger partial charge in [0.2, 0.25) is 0 Å². The molecule has 0 saturated carbocycles. The van der Waals surface area contributed by atoms with Gasteiger partial charge in [0.15, 0.2) is 5.82 Å². The van der Waals surface area contributed by atoms with Crippen molar-refractivity contribution in [1.29, 1.82) is 0 Å². The van der Waals surface area contributed by atoms with Crippen molar-refractivity contribution in [2.75, 3.05) is 26.9 Å². The maximum atomic E-state index is 5.63. The smallest absolute Gasteiger partial charge is 0.162 e. The SMILES string of the molecule is COc1ccccc1-c1ncc(-c2cn(C[C@H]3COCCO3)nn2)cn1. The highest BCUT2D eigenvalue weighted by atomic mass is 16.6. The summed E-state index contributed by atoms with van der Waals surface area (Å²) in [5, 5.41) is 8.35. The molecule has 1 aliphatic heterocycles. The van der Waals surface area contributed by atoms with Crippen molar-refractivity contribution in [2.45, 2.75) is 12.6 Å². The molecule has 0 spiro atoms. The van der Waals surface area contributed by atoms with Gasteiger partial charge in [0.05, 0.1) is 45.2 Å². The Morgan fingerprint density at radius 2 is 2.04 bits per heavy atom. The molecule has 1 aliphatic rings. The first-order valence-electron chi connectivity index (χ1n) is 8.39. The largest absolute Gasteiger partial charge is 0.496 e. The zero-order valence-corrected chi connectivity index (χ0v) is 14.4. The van der Waals surface area contributed by atoms with Gasteiger partial charge in [0.25, 0.3) is 0 Å². The molecule has 1 atom stereocenters. The fourth-order valence-corrected chi connectivity index (χ4v) is 2.80. The van der Waals surface area contributed by atoms with E-state index in [9.17, 15) is 0 Å². The van der Waals surface area contributed by atoms with Crippen LogP contribution in [0.1, 0.15) is 0 Å². The van der Waals surface area contributed by atoms with E-state index in [0.29, 0.717) is 37.9 Å². The minimum Gasteiger partial charge on any atom is -0.496 e. The second kappa shape index (κ2) is 7.59. The molecule has 0 aliphatic carbocycles. The highest BCUT2D eigenvalue weighted by Crippen LogP contribution is 2.27. The predicted molar refractivity (Wildman–Crippen MR) is 93.6 cm³/mol. The van der Waals surface area contributed by atoms with Crippen LogP contribution in [0.15, 0.2) is 42.9 Å². The van der Waals surface area contributed by atoms with Crippen molar-refractivity contribution in [3.05, 3.63) is 42.9 Å². The van der Waals surface area contributed by atoms with E-state index in [0.717, 1.165) is 16.9 Å². The number of rotatable bonds is 5. The predicted octanol–water partition coefficient (Wildman–Crippen LogP) is 1.83. The Kier molecular flexibility index (Phi) is 4.85. The third kappa shape index (κ3) is 3.56. The average Bonchev–Trinajstić information content (AvgIpc) is 3.17. The molecule has 0 N–H and O–H groups in total. The lowest BCUT2D eigenvalue weighted by atomic mass is 10.2. The average molecular weight is 353 g/mol. The summed E-state index contributed by atoms with van der Waals surface area (Å²) in [5.74, 6) is 1.34. The summed E-state index contributed by atoms with van der Waals surface area (Å²) >= 11 is 0. The molecule has 26 heavy (non-hydrogen) atoms. The lowest BCUT2D eigenvalue weighted by Gasteiger charge is -2.22. The van der Waals surface area contributed by atoms with Crippen molar-refractivity contribution in [3.63, 3.8) is 0 Å². The summed E-state index contributed by atoms with van der Waals surface area (Å²) in [6.45, 7) is 2.44. The summed E-state index contributed by atoms with van der Waals surface area (Å²) in [6, 6.07) is 7.65. The second-order valence-electron chi connectivity index (χ2n) is 5.89. The molecule has 3 heterocycles. The molecule has 134 valence electrons. The first-order chi connectivity index (χ1) is 12.8. The van der Waals surface area contributed by atoms with Gasteiger partial charge >= 0.3 is 0 Å². The van der Waals surface area contributed by atoms with Crippen LogP contribution in [-0.4, -0.2) is 58.0 Å². The summed E-state index contributed by atoms with van der Waals surface area (Å²) < 4.78 is 18.2. The van der Waals surface area contributed by atoms with Crippen LogP contribution in [0.2, 0.25) is 0 Å². The number of aromatic nitrogens is 5. The fourth-order valence-electron chi connectivity index (χ4n) is 2.80.